The minimum Gasteiger partial charge on any atom is -0.485 e. The van der Waals surface area contributed by atoms with E-state index >= 15 is 0 Å². The number of esters is 1. The van der Waals surface area contributed by atoms with E-state index in [-0.39, 0.29) is 6.07 Å². The van der Waals surface area contributed by atoms with Gasteiger partial charge in [-0.15, -0.1) is 0 Å². The summed E-state index contributed by atoms with van der Waals surface area (Å²) in [4.78, 5) is 11.6. The average molecular weight is 309 g/mol. The van der Waals surface area contributed by atoms with E-state index in [9.17, 15) is 22.4 Å². The molecule has 1 N–H and O–H groups in total. The standard InChI is InChI=1S/C13H15F4NO3/c1-4-18-13(2,12(19)20-3)6-21-11-9(16)7(14)5-8(15)10(11)17/h5,18H,4,6H2,1-3H3. The summed E-state index contributed by atoms with van der Waals surface area (Å²) >= 11 is 0. The third-order valence-electron chi connectivity index (χ3n) is 2.78. The van der Waals surface area contributed by atoms with Gasteiger partial charge in [-0.3, -0.25) is 5.32 Å². The van der Waals surface area contributed by atoms with Crippen molar-refractivity contribution < 1.29 is 31.8 Å². The van der Waals surface area contributed by atoms with Crippen molar-refractivity contribution in [2.24, 2.45) is 0 Å². The van der Waals surface area contributed by atoms with Crippen LogP contribution in [0.4, 0.5) is 17.6 Å². The molecule has 21 heavy (non-hydrogen) atoms. The lowest BCUT2D eigenvalue weighted by Gasteiger charge is -2.27. The molecule has 0 radical (unpaired) electrons. The molecular weight excluding hydrogens is 294 g/mol. The Morgan fingerprint density at radius 3 is 2.19 bits per heavy atom. The summed E-state index contributed by atoms with van der Waals surface area (Å²) in [5.41, 5.74) is -1.43. The van der Waals surface area contributed by atoms with Crippen molar-refractivity contribution in [2.75, 3.05) is 20.3 Å². The summed E-state index contributed by atoms with van der Waals surface area (Å²) in [6.07, 6.45) is 0. The first-order valence-corrected chi connectivity index (χ1v) is 6.06. The smallest absolute Gasteiger partial charge is 0.329 e. The summed E-state index contributed by atoms with van der Waals surface area (Å²) in [7, 11) is 1.13. The summed E-state index contributed by atoms with van der Waals surface area (Å²) in [6, 6.07) is 0.0708. The fourth-order valence-corrected chi connectivity index (χ4v) is 1.69. The van der Waals surface area contributed by atoms with Crippen LogP contribution < -0.4 is 10.1 Å². The number of carbonyl (C=O) groups is 1. The SMILES string of the molecule is CCNC(C)(COc1c(F)c(F)cc(F)c1F)C(=O)OC. The molecule has 8 heteroatoms. The van der Waals surface area contributed by atoms with Gasteiger partial charge in [0, 0.05) is 6.07 Å². The minimum absolute atomic E-state index is 0.0708. The Bertz CT molecular complexity index is 512. The number of methoxy groups -OCH3 is 1. The number of hydrogen-bond acceptors (Lipinski definition) is 4. The molecule has 0 aliphatic carbocycles. The van der Waals surface area contributed by atoms with Crippen LogP contribution in [0.2, 0.25) is 0 Å². The quantitative estimate of drug-likeness (QED) is 0.497. The molecule has 0 heterocycles. The van der Waals surface area contributed by atoms with Crippen molar-refractivity contribution in [3.63, 3.8) is 0 Å². The fraction of sp³-hybridized carbons (Fsp3) is 0.462. The summed E-state index contributed by atoms with van der Waals surface area (Å²) < 4.78 is 62.3. The van der Waals surface area contributed by atoms with E-state index in [1.807, 2.05) is 0 Å². The molecule has 1 aromatic rings. The molecule has 0 aliphatic rings. The van der Waals surface area contributed by atoms with Gasteiger partial charge in [-0.2, -0.15) is 8.78 Å². The number of hydrogen-bond donors (Lipinski definition) is 1. The lowest BCUT2D eigenvalue weighted by molar-refractivity contribution is -0.149. The van der Waals surface area contributed by atoms with Crippen LogP contribution in [0, 0.1) is 23.3 Å². The van der Waals surface area contributed by atoms with Crippen LogP contribution in [0.1, 0.15) is 13.8 Å². The maximum atomic E-state index is 13.4. The van der Waals surface area contributed by atoms with Crippen molar-refractivity contribution >= 4 is 5.97 Å². The van der Waals surface area contributed by atoms with E-state index in [0.29, 0.717) is 6.54 Å². The van der Waals surface area contributed by atoms with Crippen molar-refractivity contribution in [3.8, 4) is 5.75 Å². The topological polar surface area (TPSA) is 47.6 Å². The van der Waals surface area contributed by atoms with Crippen molar-refractivity contribution in [2.45, 2.75) is 19.4 Å². The molecule has 0 bridgehead atoms. The number of likely N-dealkylation sites (N-methyl/N-ethyl adjacent to an activating group) is 1. The van der Waals surface area contributed by atoms with Crippen molar-refractivity contribution in [1.82, 2.24) is 5.32 Å². The van der Waals surface area contributed by atoms with Gasteiger partial charge < -0.3 is 9.47 Å². The van der Waals surface area contributed by atoms with Crippen LogP contribution >= 0.6 is 0 Å². The minimum atomic E-state index is -1.67. The highest BCUT2D eigenvalue weighted by atomic mass is 19.2. The molecule has 0 saturated carbocycles. The molecule has 0 fully saturated rings. The molecule has 1 aromatic carbocycles. The Kier molecular flexibility index (Phi) is 5.54. The van der Waals surface area contributed by atoms with Crippen LogP contribution in [-0.2, 0) is 9.53 Å². The third kappa shape index (κ3) is 3.63. The number of nitrogens with one attached hydrogen (secondary N) is 1. The van der Waals surface area contributed by atoms with E-state index in [2.05, 4.69) is 10.1 Å². The Labute approximate surface area is 119 Å². The number of benzene rings is 1. The zero-order valence-corrected chi connectivity index (χ0v) is 11.7. The number of rotatable bonds is 6. The normalized spacial score (nSPS) is 13.7. The van der Waals surface area contributed by atoms with Crippen LogP contribution in [0.5, 0.6) is 5.75 Å². The first kappa shape index (κ1) is 17.2. The molecule has 0 saturated heterocycles. The predicted octanol–water partition coefficient (Wildman–Crippen LogP) is 2.16. The Balaban J connectivity index is 3.04. The van der Waals surface area contributed by atoms with E-state index in [1.165, 1.54) is 6.92 Å². The van der Waals surface area contributed by atoms with Crippen LogP contribution in [-0.4, -0.2) is 31.8 Å². The van der Waals surface area contributed by atoms with Gasteiger partial charge in [0.25, 0.3) is 0 Å². The van der Waals surface area contributed by atoms with Gasteiger partial charge >= 0.3 is 5.97 Å². The van der Waals surface area contributed by atoms with E-state index < -0.39 is 47.1 Å². The lowest BCUT2D eigenvalue weighted by atomic mass is 10.0. The second-order valence-corrected chi connectivity index (χ2v) is 4.44. The molecule has 0 aliphatic heterocycles. The van der Waals surface area contributed by atoms with E-state index in [0.717, 1.165) is 7.11 Å². The molecule has 1 unspecified atom stereocenters. The Morgan fingerprint density at radius 1 is 1.24 bits per heavy atom. The molecule has 4 nitrogen and oxygen atoms in total. The zero-order valence-electron chi connectivity index (χ0n) is 11.7. The monoisotopic (exact) mass is 309 g/mol. The van der Waals surface area contributed by atoms with Gasteiger partial charge in [0.2, 0.25) is 11.6 Å². The molecule has 1 rings (SSSR count). The maximum Gasteiger partial charge on any atom is 0.329 e. The number of halogens is 4. The van der Waals surface area contributed by atoms with E-state index in [1.54, 1.807) is 6.92 Å². The van der Waals surface area contributed by atoms with Gasteiger partial charge in [0.1, 0.15) is 12.1 Å². The Hall–Kier alpha value is -1.83. The number of carbonyl (C=O) groups excluding carboxylic acids is 1. The maximum absolute atomic E-state index is 13.4. The van der Waals surface area contributed by atoms with Crippen LogP contribution in [0.15, 0.2) is 6.07 Å². The molecule has 118 valence electrons. The lowest BCUT2D eigenvalue weighted by Crippen LogP contribution is -2.54. The van der Waals surface area contributed by atoms with Gasteiger partial charge in [0.05, 0.1) is 7.11 Å². The van der Waals surface area contributed by atoms with Gasteiger partial charge in [0.15, 0.2) is 17.4 Å². The zero-order chi connectivity index (χ0) is 16.2. The third-order valence-corrected chi connectivity index (χ3v) is 2.78. The fourth-order valence-electron chi connectivity index (χ4n) is 1.69. The Morgan fingerprint density at radius 2 is 1.76 bits per heavy atom. The van der Waals surface area contributed by atoms with Gasteiger partial charge in [-0.1, -0.05) is 6.92 Å². The molecule has 0 amide bonds. The second kappa shape index (κ2) is 6.75. The molecule has 0 aromatic heterocycles. The average Bonchev–Trinajstić information content (AvgIpc) is 2.44. The largest absolute Gasteiger partial charge is 0.485 e. The van der Waals surface area contributed by atoms with Gasteiger partial charge in [-0.05, 0) is 13.5 Å². The first-order valence-electron chi connectivity index (χ1n) is 6.06. The van der Waals surface area contributed by atoms with Crippen LogP contribution in [0.3, 0.4) is 0 Å². The van der Waals surface area contributed by atoms with E-state index in [4.69, 9.17) is 4.74 Å². The first-order chi connectivity index (χ1) is 9.76. The number of ether oxygens (including phenoxy) is 2. The van der Waals surface area contributed by atoms with Crippen LogP contribution in [0.25, 0.3) is 0 Å². The second-order valence-electron chi connectivity index (χ2n) is 4.44. The highest BCUT2D eigenvalue weighted by Crippen LogP contribution is 2.27. The highest BCUT2D eigenvalue weighted by molar-refractivity contribution is 5.80. The van der Waals surface area contributed by atoms with Crippen molar-refractivity contribution in [3.05, 3.63) is 29.3 Å². The molecule has 1 atom stereocenters. The summed E-state index contributed by atoms with van der Waals surface area (Å²) in [6.45, 7) is 2.81. The van der Waals surface area contributed by atoms with Crippen molar-refractivity contribution in [1.29, 1.82) is 0 Å². The molecular formula is C13H15F4NO3. The molecule has 0 spiro atoms. The summed E-state index contributed by atoms with van der Waals surface area (Å²) in [5, 5.41) is 2.72. The highest BCUT2D eigenvalue weighted by Gasteiger charge is 2.35. The van der Waals surface area contributed by atoms with Gasteiger partial charge in [-0.25, -0.2) is 13.6 Å². The summed E-state index contributed by atoms with van der Waals surface area (Å²) in [5.74, 6) is -8.49. The predicted molar refractivity (Wildman–Crippen MR) is 65.9 cm³/mol.